The molecule has 39 heavy (non-hydrogen) atoms. The maximum atomic E-state index is 14.5. The zero-order chi connectivity index (χ0) is 29.5. The van der Waals surface area contributed by atoms with Gasteiger partial charge in [0.15, 0.2) is 0 Å². The highest BCUT2D eigenvalue weighted by molar-refractivity contribution is 5.93. The van der Waals surface area contributed by atoms with Gasteiger partial charge in [-0.05, 0) is 85.1 Å². The van der Waals surface area contributed by atoms with E-state index in [0.29, 0.717) is 12.0 Å². The molecule has 3 amide bonds. The second kappa shape index (κ2) is 13.0. The van der Waals surface area contributed by atoms with Crippen molar-refractivity contribution >= 4 is 17.9 Å². The van der Waals surface area contributed by atoms with Crippen molar-refractivity contribution in [2.75, 3.05) is 0 Å². The predicted molar refractivity (Wildman–Crippen MR) is 153 cm³/mol. The Morgan fingerprint density at radius 1 is 0.974 bits per heavy atom. The molecule has 0 saturated heterocycles. The van der Waals surface area contributed by atoms with Crippen LogP contribution in [0.2, 0.25) is 0 Å². The summed E-state index contributed by atoms with van der Waals surface area (Å²) in [5.74, 6) is -0.613. The fourth-order valence-electron chi connectivity index (χ4n) is 4.25. The Morgan fingerprint density at radius 2 is 1.59 bits per heavy atom. The third-order valence-electron chi connectivity index (χ3n) is 6.42. The lowest BCUT2D eigenvalue weighted by atomic mass is 9.90. The Labute approximate surface area is 233 Å². The zero-order valence-corrected chi connectivity index (χ0v) is 24.8. The molecule has 0 fully saturated rings. The molecule has 3 N–H and O–H groups in total. The van der Waals surface area contributed by atoms with E-state index in [0.717, 1.165) is 11.1 Å². The van der Waals surface area contributed by atoms with Gasteiger partial charge < -0.3 is 25.4 Å². The van der Waals surface area contributed by atoms with E-state index in [1.807, 2.05) is 65.8 Å². The van der Waals surface area contributed by atoms with E-state index < -0.39 is 35.2 Å². The minimum absolute atomic E-state index is 0.0975. The fraction of sp³-hybridized carbons (Fsp3) is 0.516. The van der Waals surface area contributed by atoms with Crippen molar-refractivity contribution in [1.29, 1.82) is 0 Å². The number of phenols is 1. The summed E-state index contributed by atoms with van der Waals surface area (Å²) < 4.78 is 5.49. The number of hydrogen-bond acceptors (Lipinski definition) is 5. The van der Waals surface area contributed by atoms with Crippen molar-refractivity contribution in [2.45, 2.75) is 104 Å². The summed E-state index contributed by atoms with van der Waals surface area (Å²) in [7, 11) is 0. The Morgan fingerprint density at radius 3 is 2.10 bits per heavy atom. The Hall–Kier alpha value is -3.55. The molecule has 2 aromatic rings. The molecule has 2 aromatic carbocycles. The molecule has 0 aliphatic heterocycles. The van der Waals surface area contributed by atoms with E-state index in [-0.39, 0.29) is 24.1 Å². The normalized spacial score (nSPS) is 13.4. The lowest BCUT2D eigenvalue weighted by molar-refractivity contribution is -0.149. The van der Waals surface area contributed by atoms with Crippen molar-refractivity contribution in [1.82, 2.24) is 15.5 Å². The monoisotopic (exact) mass is 539 g/mol. The van der Waals surface area contributed by atoms with Gasteiger partial charge >= 0.3 is 6.09 Å². The van der Waals surface area contributed by atoms with Gasteiger partial charge in [-0.1, -0.05) is 48.9 Å². The lowest BCUT2D eigenvalue weighted by Gasteiger charge is -2.45. The van der Waals surface area contributed by atoms with E-state index in [2.05, 4.69) is 10.6 Å². The average Bonchev–Trinajstić information content (AvgIpc) is 2.81. The van der Waals surface area contributed by atoms with Gasteiger partial charge in [-0.2, -0.15) is 0 Å². The van der Waals surface area contributed by atoms with Gasteiger partial charge in [0.2, 0.25) is 11.8 Å². The van der Waals surface area contributed by atoms with Gasteiger partial charge in [0.05, 0.1) is 0 Å². The third kappa shape index (κ3) is 9.30. The maximum absolute atomic E-state index is 14.5. The first-order valence-corrected chi connectivity index (χ1v) is 13.5. The van der Waals surface area contributed by atoms with Gasteiger partial charge in [0, 0.05) is 18.0 Å². The third-order valence-corrected chi connectivity index (χ3v) is 6.42. The van der Waals surface area contributed by atoms with Gasteiger partial charge in [0.25, 0.3) is 0 Å². The second-order valence-corrected chi connectivity index (χ2v) is 11.9. The summed E-state index contributed by atoms with van der Waals surface area (Å²) in [4.78, 5) is 42.8. The van der Waals surface area contributed by atoms with Crippen LogP contribution in [0.3, 0.4) is 0 Å². The molecule has 2 atom stereocenters. The summed E-state index contributed by atoms with van der Waals surface area (Å²) in [5.41, 5.74) is 0.866. The van der Waals surface area contributed by atoms with Crippen LogP contribution in [0.25, 0.3) is 0 Å². The number of aromatic hydroxyl groups is 1. The largest absolute Gasteiger partial charge is 0.508 e. The van der Waals surface area contributed by atoms with Gasteiger partial charge in [0.1, 0.15) is 23.4 Å². The Balaban J connectivity index is 2.66. The molecule has 0 spiro atoms. The number of alkyl carbamates (subject to hydrolysis) is 1. The van der Waals surface area contributed by atoms with Gasteiger partial charge in [-0.25, -0.2) is 4.79 Å². The Kier molecular flexibility index (Phi) is 10.6. The van der Waals surface area contributed by atoms with Crippen molar-refractivity contribution in [3.63, 3.8) is 0 Å². The summed E-state index contributed by atoms with van der Waals surface area (Å²) in [6.45, 7) is 16.7. The summed E-state index contributed by atoms with van der Waals surface area (Å²) >= 11 is 0. The molecule has 214 valence electrons. The SMILES string of the molecule is CCC(C)(C)N(C(=O)C(Cc1ccc(O)cc1)NC(=O)OC(C)(C)C)C(C(=O)NC(C)C)c1cccc(C)c1. The fourth-order valence-corrected chi connectivity index (χ4v) is 4.25. The van der Waals surface area contributed by atoms with Crippen molar-refractivity contribution in [3.8, 4) is 5.75 Å². The number of benzene rings is 2. The van der Waals surface area contributed by atoms with E-state index in [1.165, 1.54) is 12.1 Å². The second-order valence-electron chi connectivity index (χ2n) is 11.9. The molecular weight excluding hydrogens is 494 g/mol. The van der Waals surface area contributed by atoms with Crippen LogP contribution in [-0.2, 0) is 20.7 Å². The van der Waals surface area contributed by atoms with E-state index in [4.69, 9.17) is 4.74 Å². The number of amides is 3. The smallest absolute Gasteiger partial charge is 0.408 e. The molecule has 0 aliphatic rings. The average molecular weight is 540 g/mol. The number of nitrogens with one attached hydrogen (secondary N) is 2. The molecule has 0 aliphatic carbocycles. The standard InChI is InChI=1S/C31H45N3O5/c1-10-31(8,9)34(26(27(36)32-20(2)3)23-13-11-12-21(4)18-23)28(37)25(33-29(38)39-30(5,6)7)19-22-14-16-24(35)17-15-22/h11-18,20,25-26,35H,10,19H2,1-9H3,(H,32,36)(H,33,38). The molecule has 2 rings (SSSR count). The molecule has 0 bridgehead atoms. The molecule has 8 nitrogen and oxygen atoms in total. The quantitative estimate of drug-likeness (QED) is 0.374. The lowest BCUT2D eigenvalue weighted by Crippen LogP contribution is -2.60. The topological polar surface area (TPSA) is 108 Å². The van der Waals surface area contributed by atoms with Crippen molar-refractivity contribution in [2.24, 2.45) is 0 Å². The molecule has 8 heteroatoms. The summed E-state index contributed by atoms with van der Waals surface area (Å²) in [6, 6.07) is 11.9. The van der Waals surface area contributed by atoms with Crippen LogP contribution in [0, 0.1) is 6.92 Å². The van der Waals surface area contributed by atoms with Gasteiger partial charge in [-0.15, -0.1) is 0 Å². The van der Waals surface area contributed by atoms with Crippen LogP contribution in [0.15, 0.2) is 48.5 Å². The van der Waals surface area contributed by atoms with Crippen LogP contribution < -0.4 is 10.6 Å². The highest BCUT2D eigenvalue weighted by Crippen LogP contribution is 2.33. The predicted octanol–water partition coefficient (Wildman–Crippen LogP) is 5.42. The molecule has 0 heterocycles. The number of aryl methyl sites for hydroxylation is 1. The minimum atomic E-state index is -1.03. The number of rotatable bonds is 10. The molecule has 2 unspecified atom stereocenters. The summed E-state index contributed by atoms with van der Waals surface area (Å²) in [6.07, 6.45) is -0.0253. The number of phenolic OH excluding ortho intramolecular Hbond substituents is 1. The van der Waals surface area contributed by atoms with Gasteiger partial charge in [-0.3, -0.25) is 9.59 Å². The van der Waals surface area contributed by atoms with Crippen LogP contribution in [-0.4, -0.2) is 51.1 Å². The minimum Gasteiger partial charge on any atom is -0.508 e. The molecule has 0 saturated carbocycles. The van der Waals surface area contributed by atoms with Crippen LogP contribution in [0.1, 0.15) is 84.5 Å². The molecular formula is C31H45N3O5. The molecule has 0 aromatic heterocycles. The van der Waals surface area contributed by atoms with Crippen LogP contribution in [0.5, 0.6) is 5.75 Å². The summed E-state index contributed by atoms with van der Waals surface area (Å²) in [5, 5.41) is 15.5. The van der Waals surface area contributed by atoms with Crippen LogP contribution >= 0.6 is 0 Å². The highest BCUT2D eigenvalue weighted by atomic mass is 16.6. The van der Waals surface area contributed by atoms with Crippen molar-refractivity contribution < 1.29 is 24.2 Å². The number of ether oxygens (including phenoxy) is 1. The van der Waals surface area contributed by atoms with Crippen LogP contribution in [0.4, 0.5) is 4.79 Å². The van der Waals surface area contributed by atoms with E-state index >= 15 is 0 Å². The first kappa shape index (κ1) is 31.7. The molecule has 0 radical (unpaired) electrons. The van der Waals surface area contributed by atoms with E-state index in [1.54, 1.807) is 37.8 Å². The zero-order valence-electron chi connectivity index (χ0n) is 24.8. The first-order chi connectivity index (χ1) is 18.0. The first-order valence-electron chi connectivity index (χ1n) is 13.5. The maximum Gasteiger partial charge on any atom is 0.408 e. The number of carbonyl (C=O) groups is 3. The number of nitrogens with zero attached hydrogens (tertiary/aromatic N) is 1. The highest BCUT2D eigenvalue weighted by Gasteiger charge is 2.43. The number of carbonyl (C=O) groups excluding carboxylic acids is 3. The number of hydrogen-bond donors (Lipinski definition) is 3. The Bertz CT molecular complexity index is 1140. The van der Waals surface area contributed by atoms with Crippen molar-refractivity contribution in [3.05, 3.63) is 65.2 Å². The van der Waals surface area contributed by atoms with E-state index in [9.17, 15) is 19.5 Å².